The summed E-state index contributed by atoms with van der Waals surface area (Å²) in [6, 6.07) is 24.1. The normalized spacial score (nSPS) is 11.0. The highest BCUT2D eigenvalue weighted by molar-refractivity contribution is 5.89. The number of aliphatic imine (C=N–C) groups is 1. The maximum absolute atomic E-state index is 13.2. The highest BCUT2D eigenvalue weighted by Crippen LogP contribution is 2.42. The molecular formula is C26H19FN2O. The number of aryl methyl sites for hydroxylation is 2. The molecule has 4 rings (SSSR count). The van der Waals surface area contributed by atoms with Gasteiger partial charge in [0.05, 0.1) is 0 Å². The molecule has 0 N–H and O–H groups in total. The topological polar surface area (TPSA) is 49.3 Å². The molecule has 3 aromatic carbocycles. The Morgan fingerprint density at radius 2 is 1.40 bits per heavy atom. The van der Waals surface area contributed by atoms with Crippen LogP contribution in [0.25, 0.3) is 22.5 Å². The third kappa shape index (κ3) is 3.92. The minimum atomic E-state index is -0.314. The SMILES string of the molecule is Cc1ccc(-c2oc(N=Cc3ccc(F)cc3)c(C#N)c2-c2ccc(C)cc2)cc1. The average Bonchev–Trinajstić information content (AvgIpc) is 3.13. The van der Waals surface area contributed by atoms with Crippen molar-refractivity contribution in [2.75, 3.05) is 0 Å². The lowest BCUT2D eigenvalue weighted by atomic mass is 9.97. The van der Waals surface area contributed by atoms with E-state index in [1.807, 2.05) is 62.4 Å². The molecule has 1 aromatic heterocycles. The number of hydrogen-bond donors (Lipinski definition) is 0. The predicted molar refractivity (Wildman–Crippen MR) is 117 cm³/mol. The number of benzene rings is 3. The monoisotopic (exact) mass is 394 g/mol. The van der Waals surface area contributed by atoms with Gasteiger partial charge in [-0.25, -0.2) is 9.38 Å². The molecule has 30 heavy (non-hydrogen) atoms. The number of rotatable bonds is 4. The summed E-state index contributed by atoms with van der Waals surface area (Å²) in [7, 11) is 0. The molecule has 0 aliphatic carbocycles. The van der Waals surface area contributed by atoms with Crippen molar-refractivity contribution in [2.45, 2.75) is 13.8 Å². The van der Waals surface area contributed by atoms with Gasteiger partial charge in [-0.1, -0.05) is 71.8 Å². The fourth-order valence-electron chi connectivity index (χ4n) is 3.20. The lowest BCUT2D eigenvalue weighted by molar-refractivity contribution is 0.593. The molecule has 0 radical (unpaired) electrons. The van der Waals surface area contributed by atoms with Crippen LogP contribution in [0.4, 0.5) is 10.3 Å². The molecule has 0 unspecified atom stereocenters. The zero-order chi connectivity index (χ0) is 21.1. The van der Waals surface area contributed by atoms with Crippen LogP contribution in [0.3, 0.4) is 0 Å². The van der Waals surface area contributed by atoms with Crippen molar-refractivity contribution in [1.29, 1.82) is 5.26 Å². The van der Waals surface area contributed by atoms with Gasteiger partial charge in [0.2, 0.25) is 5.88 Å². The molecule has 0 spiro atoms. The summed E-state index contributed by atoms with van der Waals surface area (Å²) in [5.74, 6) is 0.515. The smallest absolute Gasteiger partial charge is 0.238 e. The van der Waals surface area contributed by atoms with Crippen molar-refractivity contribution in [2.24, 2.45) is 4.99 Å². The largest absolute Gasteiger partial charge is 0.436 e. The van der Waals surface area contributed by atoms with Gasteiger partial charge >= 0.3 is 0 Å². The summed E-state index contributed by atoms with van der Waals surface area (Å²) in [6.07, 6.45) is 1.57. The van der Waals surface area contributed by atoms with Crippen molar-refractivity contribution < 1.29 is 8.81 Å². The third-order valence-corrected chi connectivity index (χ3v) is 4.86. The van der Waals surface area contributed by atoms with Gasteiger partial charge in [0, 0.05) is 17.3 Å². The van der Waals surface area contributed by atoms with Crippen molar-refractivity contribution in [3.63, 3.8) is 0 Å². The molecule has 0 saturated heterocycles. The summed E-state index contributed by atoms with van der Waals surface area (Å²) in [5, 5.41) is 9.92. The number of furan rings is 1. The van der Waals surface area contributed by atoms with Gasteiger partial charge < -0.3 is 4.42 Å². The first-order chi connectivity index (χ1) is 14.5. The Hall–Kier alpha value is -3.97. The van der Waals surface area contributed by atoms with E-state index < -0.39 is 0 Å². The minimum Gasteiger partial charge on any atom is -0.436 e. The van der Waals surface area contributed by atoms with Gasteiger partial charge in [0.15, 0.2) is 0 Å². The second kappa shape index (κ2) is 8.18. The molecule has 0 bridgehead atoms. The molecule has 0 aliphatic rings. The number of hydrogen-bond acceptors (Lipinski definition) is 3. The first kappa shape index (κ1) is 19.4. The van der Waals surface area contributed by atoms with Gasteiger partial charge in [-0.3, -0.25) is 0 Å². The quantitative estimate of drug-likeness (QED) is 0.350. The molecule has 0 fully saturated rings. The Labute approximate surface area is 174 Å². The number of nitriles is 1. The Bertz CT molecular complexity index is 1240. The first-order valence-electron chi connectivity index (χ1n) is 9.56. The van der Waals surface area contributed by atoms with Crippen LogP contribution in [0.5, 0.6) is 0 Å². The fraction of sp³-hybridized carbons (Fsp3) is 0.0769. The van der Waals surface area contributed by atoms with Crippen molar-refractivity contribution in [3.05, 3.63) is 101 Å². The van der Waals surface area contributed by atoms with E-state index in [2.05, 4.69) is 11.1 Å². The molecule has 0 atom stereocenters. The number of halogens is 1. The van der Waals surface area contributed by atoms with Gasteiger partial charge in [-0.2, -0.15) is 5.26 Å². The molecule has 0 saturated carbocycles. The first-order valence-corrected chi connectivity index (χ1v) is 9.56. The molecule has 4 aromatic rings. The zero-order valence-electron chi connectivity index (χ0n) is 16.7. The maximum atomic E-state index is 13.2. The summed E-state index contributed by atoms with van der Waals surface area (Å²) in [5.41, 5.74) is 5.82. The van der Waals surface area contributed by atoms with E-state index in [0.717, 1.165) is 22.3 Å². The van der Waals surface area contributed by atoms with Crippen LogP contribution in [0.2, 0.25) is 0 Å². The second-order valence-corrected chi connectivity index (χ2v) is 7.14. The molecule has 1 heterocycles. The van der Waals surface area contributed by atoms with E-state index in [0.29, 0.717) is 22.5 Å². The minimum absolute atomic E-state index is 0.230. The summed E-state index contributed by atoms with van der Waals surface area (Å²) in [6.45, 7) is 4.04. The summed E-state index contributed by atoms with van der Waals surface area (Å²) >= 11 is 0. The highest BCUT2D eigenvalue weighted by atomic mass is 19.1. The van der Waals surface area contributed by atoms with Gasteiger partial charge in [-0.15, -0.1) is 0 Å². The molecule has 0 aliphatic heterocycles. The molecule has 0 amide bonds. The lowest BCUT2D eigenvalue weighted by Gasteiger charge is -2.05. The highest BCUT2D eigenvalue weighted by Gasteiger charge is 2.22. The average molecular weight is 394 g/mol. The fourth-order valence-corrected chi connectivity index (χ4v) is 3.20. The van der Waals surface area contributed by atoms with Crippen molar-refractivity contribution in [1.82, 2.24) is 0 Å². The van der Waals surface area contributed by atoms with Crippen LogP contribution >= 0.6 is 0 Å². The van der Waals surface area contributed by atoms with Gasteiger partial charge in [-0.05, 0) is 37.1 Å². The zero-order valence-corrected chi connectivity index (χ0v) is 16.7. The van der Waals surface area contributed by atoms with Crippen molar-refractivity contribution >= 4 is 12.1 Å². The van der Waals surface area contributed by atoms with E-state index >= 15 is 0 Å². The van der Waals surface area contributed by atoms with Crippen LogP contribution in [0, 0.1) is 31.0 Å². The van der Waals surface area contributed by atoms with E-state index in [1.54, 1.807) is 18.3 Å². The second-order valence-electron chi connectivity index (χ2n) is 7.14. The molecule has 146 valence electrons. The van der Waals surface area contributed by atoms with Gasteiger partial charge in [0.1, 0.15) is 23.2 Å². The van der Waals surface area contributed by atoms with Crippen LogP contribution in [0.1, 0.15) is 22.3 Å². The number of nitrogens with zero attached hydrogens (tertiary/aromatic N) is 2. The Balaban J connectivity index is 1.88. The van der Waals surface area contributed by atoms with E-state index in [1.165, 1.54) is 12.1 Å². The summed E-state index contributed by atoms with van der Waals surface area (Å²) in [4.78, 5) is 4.41. The molecular weight excluding hydrogens is 375 g/mol. The predicted octanol–water partition coefficient (Wildman–Crippen LogP) is 6.99. The third-order valence-electron chi connectivity index (χ3n) is 4.86. The van der Waals surface area contributed by atoms with Crippen molar-refractivity contribution in [3.8, 4) is 28.5 Å². The van der Waals surface area contributed by atoms with Crippen LogP contribution in [-0.2, 0) is 0 Å². The molecule has 4 heteroatoms. The van der Waals surface area contributed by atoms with E-state index in [9.17, 15) is 9.65 Å². The summed E-state index contributed by atoms with van der Waals surface area (Å²) < 4.78 is 19.2. The molecule has 3 nitrogen and oxygen atoms in total. The maximum Gasteiger partial charge on any atom is 0.238 e. The van der Waals surface area contributed by atoms with Crippen LogP contribution in [-0.4, -0.2) is 6.21 Å². The Morgan fingerprint density at radius 3 is 1.97 bits per heavy atom. The lowest BCUT2D eigenvalue weighted by Crippen LogP contribution is -1.85. The Kier molecular flexibility index (Phi) is 5.28. The van der Waals surface area contributed by atoms with Gasteiger partial charge in [0.25, 0.3) is 0 Å². The Morgan fingerprint density at radius 1 is 0.833 bits per heavy atom. The van der Waals surface area contributed by atoms with E-state index in [-0.39, 0.29) is 11.7 Å². The van der Waals surface area contributed by atoms with Crippen LogP contribution < -0.4 is 0 Å². The van der Waals surface area contributed by atoms with E-state index in [4.69, 9.17) is 4.42 Å². The standard InChI is InChI=1S/C26H19FN2O/c1-17-3-9-20(10-4-17)24-23(15-28)26(29-16-19-7-13-22(27)14-8-19)30-25(24)21-11-5-18(2)6-12-21/h3-14,16H,1-2H3. The van der Waals surface area contributed by atoms with Crippen LogP contribution in [0.15, 0.2) is 82.2 Å².